The smallest absolute Gasteiger partial charge is 0.305 e. The number of rotatable bonds is 4. The highest BCUT2D eigenvalue weighted by Crippen LogP contribution is 2.28. The molecule has 1 amide bonds. The standard InChI is InChI=1S/C13H13ClN2O5/c14-10-6-8(3-4-11(10)16(20)21)13(19)15-5-1-2-9(15)7-12(17)18/h3-4,6,9H,1-2,5,7H2,(H,17,18). The van der Waals surface area contributed by atoms with E-state index in [1.165, 1.54) is 23.1 Å². The Labute approximate surface area is 125 Å². The molecule has 0 aromatic heterocycles. The Balaban J connectivity index is 2.21. The first-order chi connectivity index (χ1) is 9.90. The summed E-state index contributed by atoms with van der Waals surface area (Å²) in [4.78, 5) is 34.7. The van der Waals surface area contributed by atoms with Gasteiger partial charge in [-0.1, -0.05) is 11.6 Å². The summed E-state index contributed by atoms with van der Waals surface area (Å²) in [6.07, 6.45) is 1.27. The van der Waals surface area contributed by atoms with Crippen molar-refractivity contribution >= 4 is 29.2 Å². The lowest BCUT2D eigenvalue weighted by Gasteiger charge is -2.23. The molecule has 0 radical (unpaired) electrons. The van der Waals surface area contributed by atoms with Gasteiger partial charge in [-0.25, -0.2) is 0 Å². The van der Waals surface area contributed by atoms with Crippen molar-refractivity contribution in [1.82, 2.24) is 4.90 Å². The van der Waals surface area contributed by atoms with Gasteiger partial charge in [0.2, 0.25) is 0 Å². The average molecular weight is 313 g/mol. The van der Waals surface area contributed by atoms with E-state index < -0.39 is 10.9 Å². The molecule has 0 aliphatic carbocycles. The third-order valence-corrected chi connectivity index (χ3v) is 3.74. The van der Waals surface area contributed by atoms with E-state index in [1.54, 1.807) is 0 Å². The van der Waals surface area contributed by atoms with Crippen molar-refractivity contribution in [2.45, 2.75) is 25.3 Å². The Bertz CT molecular complexity index is 604. The summed E-state index contributed by atoms with van der Waals surface area (Å²) in [7, 11) is 0. The number of likely N-dealkylation sites (tertiary alicyclic amines) is 1. The molecule has 1 N–H and O–H groups in total. The van der Waals surface area contributed by atoms with Gasteiger partial charge in [-0.3, -0.25) is 19.7 Å². The first-order valence-electron chi connectivity index (χ1n) is 6.37. The summed E-state index contributed by atoms with van der Waals surface area (Å²) in [6, 6.07) is 3.42. The lowest BCUT2D eigenvalue weighted by molar-refractivity contribution is -0.384. The molecule has 0 bridgehead atoms. The third-order valence-electron chi connectivity index (χ3n) is 3.44. The van der Waals surface area contributed by atoms with E-state index in [4.69, 9.17) is 16.7 Å². The molecule has 1 heterocycles. The van der Waals surface area contributed by atoms with Crippen LogP contribution in [0.15, 0.2) is 18.2 Å². The number of carboxylic acid groups (broad SMARTS) is 1. The monoisotopic (exact) mass is 312 g/mol. The van der Waals surface area contributed by atoms with Crippen molar-refractivity contribution in [3.8, 4) is 0 Å². The number of carbonyl (C=O) groups excluding carboxylic acids is 1. The van der Waals surface area contributed by atoms with Gasteiger partial charge in [-0.05, 0) is 25.0 Å². The highest BCUT2D eigenvalue weighted by atomic mass is 35.5. The SMILES string of the molecule is O=C(O)CC1CCCN1C(=O)c1ccc([N+](=O)[O-])c(Cl)c1. The van der Waals surface area contributed by atoms with Crippen molar-refractivity contribution in [2.75, 3.05) is 6.54 Å². The Morgan fingerprint density at radius 2 is 2.19 bits per heavy atom. The number of aliphatic carboxylic acids is 1. The van der Waals surface area contributed by atoms with Crippen LogP contribution in [0.25, 0.3) is 0 Å². The fourth-order valence-electron chi connectivity index (χ4n) is 2.47. The Morgan fingerprint density at radius 1 is 1.48 bits per heavy atom. The zero-order valence-corrected chi connectivity index (χ0v) is 11.7. The second-order valence-corrected chi connectivity index (χ2v) is 5.22. The minimum Gasteiger partial charge on any atom is -0.481 e. The molecule has 1 unspecified atom stereocenters. The zero-order valence-electron chi connectivity index (χ0n) is 11.0. The number of hydrogen-bond donors (Lipinski definition) is 1. The van der Waals surface area contributed by atoms with Gasteiger partial charge in [-0.15, -0.1) is 0 Å². The van der Waals surface area contributed by atoms with Crippen LogP contribution in [0.2, 0.25) is 5.02 Å². The summed E-state index contributed by atoms with van der Waals surface area (Å²) < 4.78 is 0. The fourth-order valence-corrected chi connectivity index (χ4v) is 2.72. The molecule has 0 spiro atoms. The number of carboxylic acids is 1. The van der Waals surface area contributed by atoms with Crippen LogP contribution in [0.1, 0.15) is 29.6 Å². The van der Waals surface area contributed by atoms with Crippen LogP contribution in [0.4, 0.5) is 5.69 Å². The number of hydrogen-bond acceptors (Lipinski definition) is 4. The van der Waals surface area contributed by atoms with Crippen molar-refractivity contribution in [3.05, 3.63) is 38.9 Å². The van der Waals surface area contributed by atoms with Gasteiger partial charge in [0, 0.05) is 24.2 Å². The summed E-state index contributed by atoms with van der Waals surface area (Å²) in [5.74, 6) is -1.31. The van der Waals surface area contributed by atoms with E-state index >= 15 is 0 Å². The first kappa shape index (κ1) is 15.2. The molecule has 21 heavy (non-hydrogen) atoms. The second-order valence-electron chi connectivity index (χ2n) is 4.82. The number of nitrogens with zero attached hydrogens (tertiary/aromatic N) is 2. The molecule has 112 valence electrons. The van der Waals surface area contributed by atoms with Crippen LogP contribution in [0.5, 0.6) is 0 Å². The van der Waals surface area contributed by atoms with Crippen molar-refractivity contribution in [3.63, 3.8) is 0 Å². The molecular formula is C13H13ClN2O5. The highest BCUT2D eigenvalue weighted by Gasteiger charge is 2.31. The molecule has 0 saturated carbocycles. The summed E-state index contributed by atoms with van der Waals surface area (Å²) in [5.41, 5.74) is -0.0420. The van der Waals surface area contributed by atoms with Crippen LogP contribution in [-0.2, 0) is 4.79 Å². The lowest BCUT2D eigenvalue weighted by Crippen LogP contribution is -2.36. The van der Waals surface area contributed by atoms with Crippen molar-refractivity contribution in [1.29, 1.82) is 0 Å². The Hall–Kier alpha value is -2.15. The van der Waals surface area contributed by atoms with E-state index in [9.17, 15) is 19.7 Å². The van der Waals surface area contributed by atoms with Gasteiger partial charge < -0.3 is 10.0 Å². The quantitative estimate of drug-likeness (QED) is 0.679. The third kappa shape index (κ3) is 3.30. The molecule has 2 rings (SSSR count). The van der Waals surface area contributed by atoms with Crippen LogP contribution in [0.3, 0.4) is 0 Å². The minimum absolute atomic E-state index is 0.105. The summed E-state index contributed by atoms with van der Waals surface area (Å²) in [5, 5.41) is 19.4. The molecule has 7 nitrogen and oxygen atoms in total. The summed E-state index contributed by atoms with van der Waals surface area (Å²) in [6.45, 7) is 0.478. The number of nitro benzene ring substituents is 1. The fraction of sp³-hybridized carbons (Fsp3) is 0.385. The highest BCUT2D eigenvalue weighted by molar-refractivity contribution is 6.33. The Kier molecular flexibility index (Phi) is 4.42. The van der Waals surface area contributed by atoms with E-state index in [0.717, 1.165) is 6.42 Å². The van der Waals surface area contributed by atoms with Gasteiger partial charge in [0.15, 0.2) is 0 Å². The van der Waals surface area contributed by atoms with Crippen LogP contribution in [-0.4, -0.2) is 39.4 Å². The topological polar surface area (TPSA) is 101 Å². The number of nitro groups is 1. The van der Waals surface area contributed by atoms with Gasteiger partial charge in [-0.2, -0.15) is 0 Å². The van der Waals surface area contributed by atoms with Gasteiger partial charge >= 0.3 is 5.97 Å². The predicted molar refractivity (Wildman–Crippen MR) is 74.4 cm³/mol. The summed E-state index contributed by atoms with van der Waals surface area (Å²) >= 11 is 5.79. The average Bonchev–Trinajstić information content (AvgIpc) is 2.84. The zero-order chi connectivity index (χ0) is 15.6. The normalized spacial score (nSPS) is 17.8. The molecule has 1 saturated heterocycles. The first-order valence-corrected chi connectivity index (χ1v) is 6.74. The number of carbonyl (C=O) groups is 2. The Morgan fingerprint density at radius 3 is 2.76 bits per heavy atom. The van der Waals surface area contributed by atoms with Crippen molar-refractivity contribution < 1.29 is 19.6 Å². The van der Waals surface area contributed by atoms with Gasteiger partial charge in [0.25, 0.3) is 11.6 Å². The molecule has 1 aliphatic rings. The van der Waals surface area contributed by atoms with Crippen molar-refractivity contribution in [2.24, 2.45) is 0 Å². The van der Waals surface area contributed by atoms with Crippen LogP contribution in [0, 0.1) is 10.1 Å². The molecule has 1 aromatic rings. The molecule has 1 atom stereocenters. The van der Waals surface area contributed by atoms with E-state index in [1.807, 2.05) is 0 Å². The maximum atomic E-state index is 12.4. The van der Waals surface area contributed by atoms with E-state index in [0.29, 0.717) is 13.0 Å². The minimum atomic E-state index is -0.957. The van der Waals surface area contributed by atoms with Crippen LogP contribution < -0.4 is 0 Å². The van der Waals surface area contributed by atoms with E-state index in [2.05, 4.69) is 0 Å². The van der Waals surface area contributed by atoms with Crippen LogP contribution >= 0.6 is 11.6 Å². The molecule has 1 fully saturated rings. The molecule has 1 aliphatic heterocycles. The molecule has 8 heteroatoms. The van der Waals surface area contributed by atoms with Gasteiger partial charge in [0.05, 0.1) is 11.3 Å². The molecular weight excluding hydrogens is 300 g/mol. The maximum Gasteiger partial charge on any atom is 0.305 e. The van der Waals surface area contributed by atoms with E-state index in [-0.39, 0.29) is 34.6 Å². The second kappa shape index (κ2) is 6.09. The lowest BCUT2D eigenvalue weighted by atomic mass is 10.1. The number of amides is 1. The molecule has 1 aromatic carbocycles. The number of benzene rings is 1. The predicted octanol–water partition coefficient (Wildman–Crippen LogP) is 2.33. The van der Waals surface area contributed by atoms with Gasteiger partial charge in [0.1, 0.15) is 5.02 Å². The largest absolute Gasteiger partial charge is 0.481 e. The maximum absolute atomic E-state index is 12.4. The number of halogens is 1.